The van der Waals surface area contributed by atoms with Gasteiger partial charge in [0.2, 0.25) is 11.9 Å². The number of hydrogen-bond donors (Lipinski definition) is 2. The van der Waals surface area contributed by atoms with Crippen molar-refractivity contribution < 1.29 is 9.47 Å². The monoisotopic (exact) mass is 281 g/mol. The van der Waals surface area contributed by atoms with Crippen molar-refractivity contribution in [3.05, 3.63) is 0 Å². The lowest BCUT2D eigenvalue weighted by molar-refractivity contribution is 0.124. The van der Waals surface area contributed by atoms with Crippen LogP contribution < -0.4 is 15.4 Å². The van der Waals surface area contributed by atoms with Crippen LogP contribution in [0, 0.1) is 5.92 Å². The van der Waals surface area contributed by atoms with E-state index in [0.29, 0.717) is 24.5 Å². The zero-order valence-electron chi connectivity index (χ0n) is 12.2. The summed E-state index contributed by atoms with van der Waals surface area (Å²) < 4.78 is 10.9. The van der Waals surface area contributed by atoms with Gasteiger partial charge in [-0.2, -0.15) is 15.0 Å². The third-order valence-corrected chi connectivity index (χ3v) is 2.91. The van der Waals surface area contributed by atoms with Gasteiger partial charge in [-0.05, 0) is 32.1 Å². The molecule has 0 aromatic carbocycles. The molecule has 2 N–H and O–H groups in total. The Morgan fingerprint density at radius 3 is 2.70 bits per heavy atom. The molecule has 1 aliphatic carbocycles. The molecule has 1 aromatic heterocycles. The Morgan fingerprint density at radius 2 is 2.00 bits per heavy atom. The largest absolute Gasteiger partial charge is 0.464 e. The highest BCUT2D eigenvalue weighted by atomic mass is 16.5. The van der Waals surface area contributed by atoms with Crippen LogP contribution in [0.1, 0.15) is 26.2 Å². The van der Waals surface area contributed by atoms with Crippen LogP contribution in [0.3, 0.4) is 0 Å². The summed E-state index contributed by atoms with van der Waals surface area (Å²) in [6, 6.07) is 0.333. The van der Waals surface area contributed by atoms with Gasteiger partial charge >= 0.3 is 6.01 Å². The van der Waals surface area contributed by atoms with Gasteiger partial charge < -0.3 is 20.1 Å². The Balaban J connectivity index is 1.71. The van der Waals surface area contributed by atoms with Crippen molar-refractivity contribution in [2.45, 2.75) is 26.2 Å². The first-order valence-corrected chi connectivity index (χ1v) is 7.20. The minimum Gasteiger partial charge on any atom is -0.464 e. The molecule has 1 aromatic rings. The quantitative estimate of drug-likeness (QED) is 0.629. The zero-order chi connectivity index (χ0) is 14.2. The number of anilines is 2. The summed E-state index contributed by atoms with van der Waals surface area (Å²) >= 11 is 0. The summed E-state index contributed by atoms with van der Waals surface area (Å²) in [5.41, 5.74) is 0. The maximum absolute atomic E-state index is 5.57. The molecule has 0 saturated heterocycles. The van der Waals surface area contributed by atoms with E-state index in [1.807, 2.05) is 6.92 Å². The van der Waals surface area contributed by atoms with E-state index in [1.165, 1.54) is 12.8 Å². The minimum atomic E-state index is 0.333. The van der Waals surface area contributed by atoms with E-state index in [1.54, 1.807) is 7.05 Å². The molecule has 1 heterocycles. The van der Waals surface area contributed by atoms with Gasteiger partial charge in [0.15, 0.2) is 0 Å². The van der Waals surface area contributed by atoms with Crippen LogP contribution in [0.5, 0.6) is 6.01 Å². The van der Waals surface area contributed by atoms with Crippen LogP contribution in [-0.4, -0.2) is 48.4 Å². The molecule has 0 bridgehead atoms. The summed E-state index contributed by atoms with van der Waals surface area (Å²) in [4.78, 5) is 12.5. The number of hydrogen-bond acceptors (Lipinski definition) is 7. The summed E-state index contributed by atoms with van der Waals surface area (Å²) in [7, 11) is 1.76. The van der Waals surface area contributed by atoms with Gasteiger partial charge in [0, 0.05) is 26.8 Å². The number of nitrogens with zero attached hydrogens (tertiary/aromatic N) is 3. The SMILES string of the molecule is CCOc1nc(NC)nc(NCCCOCC2CC2)n1. The highest BCUT2D eigenvalue weighted by Gasteiger charge is 2.20. The lowest BCUT2D eigenvalue weighted by Crippen LogP contribution is -2.12. The van der Waals surface area contributed by atoms with Crippen LogP contribution in [0.4, 0.5) is 11.9 Å². The second kappa shape index (κ2) is 7.84. The molecule has 0 radical (unpaired) electrons. The van der Waals surface area contributed by atoms with E-state index in [-0.39, 0.29) is 0 Å². The maximum atomic E-state index is 5.57. The minimum absolute atomic E-state index is 0.333. The molecule has 0 unspecified atom stereocenters. The van der Waals surface area contributed by atoms with Gasteiger partial charge in [0.1, 0.15) is 0 Å². The molecule has 1 aliphatic rings. The third-order valence-electron chi connectivity index (χ3n) is 2.91. The van der Waals surface area contributed by atoms with Crippen LogP contribution in [0.15, 0.2) is 0 Å². The Kier molecular flexibility index (Phi) is 5.79. The van der Waals surface area contributed by atoms with Gasteiger partial charge in [0.25, 0.3) is 0 Å². The first kappa shape index (κ1) is 14.8. The lowest BCUT2D eigenvalue weighted by atomic mass is 10.4. The topological polar surface area (TPSA) is 81.2 Å². The molecule has 0 atom stereocenters. The number of ether oxygens (including phenoxy) is 2. The van der Waals surface area contributed by atoms with E-state index < -0.39 is 0 Å². The molecule has 2 rings (SSSR count). The van der Waals surface area contributed by atoms with E-state index >= 15 is 0 Å². The zero-order valence-corrected chi connectivity index (χ0v) is 12.2. The van der Waals surface area contributed by atoms with Crippen LogP contribution in [0.2, 0.25) is 0 Å². The van der Waals surface area contributed by atoms with Crippen LogP contribution >= 0.6 is 0 Å². The Bertz CT molecular complexity index is 412. The van der Waals surface area contributed by atoms with E-state index in [2.05, 4.69) is 25.6 Å². The van der Waals surface area contributed by atoms with Gasteiger partial charge in [-0.25, -0.2) is 0 Å². The van der Waals surface area contributed by atoms with Gasteiger partial charge in [0.05, 0.1) is 6.61 Å². The van der Waals surface area contributed by atoms with Crippen molar-refractivity contribution in [3.8, 4) is 6.01 Å². The predicted molar refractivity (Wildman–Crippen MR) is 77.2 cm³/mol. The lowest BCUT2D eigenvalue weighted by Gasteiger charge is -2.08. The summed E-state index contributed by atoms with van der Waals surface area (Å²) in [6.45, 7) is 4.87. The molecule has 0 aliphatic heterocycles. The summed E-state index contributed by atoms with van der Waals surface area (Å²) in [5, 5.41) is 6.05. The molecule has 112 valence electrons. The fraction of sp³-hybridized carbons (Fsp3) is 0.769. The first-order chi connectivity index (χ1) is 9.81. The van der Waals surface area contributed by atoms with Gasteiger partial charge in [-0.15, -0.1) is 0 Å². The normalized spacial score (nSPS) is 14.1. The molecule has 1 saturated carbocycles. The molecule has 7 heteroatoms. The second-order valence-electron chi connectivity index (χ2n) is 4.75. The highest BCUT2D eigenvalue weighted by molar-refractivity contribution is 5.35. The van der Waals surface area contributed by atoms with Crippen molar-refractivity contribution in [3.63, 3.8) is 0 Å². The molecular formula is C13H23N5O2. The van der Waals surface area contributed by atoms with Gasteiger partial charge in [-0.1, -0.05) is 0 Å². The summed E-state index contributed by atoms with van der Waals surface area (Å²) in [5.74, 6) is 1.84. The molecule has 1 fully saturated rings. The second-order valence-corrected chi connectivity index (χ2v) is 4.75. The van der Waals surface area contributed by atoms with E-state index in [4.69, 9.17) is 9.47 Å². The third kappa shape index (κ3) is 5.16. The van der Waals surface area contributed by atoms with Crippen molar-refractivity contribution in [1.29, 1.82) is 0 Å². The molecule has 20 heavy (non-hydrogen) atoms. The first-order valence-electron chi connectivity index (χ1n) is 7.20. The number of aromatic nitrogens is 3. The molecule has 0 spiro atoms. The summed E-state index contributed by atoms with van der Waals surface area (Å²) in [6.07, 6.45) is 3.59. The van der Waals surface area contributed by atoms with Crippen molar-refractivity contribution in [2.75, 3.05) is 44.0 Å². The molecule has 7 nitrogen and oxygen atoms in total. The molecular weight excluding hydrogens is 258 g/mol. The van der Waals surface area contributed by atoms with Gasteiger partial charge in [-0.3, -0.25) is 0 Å². The van der Waals surface area contributed by atoms with Crippen molar-refractivity contribution >= 4 is 11.9 Å². The predicted octanol–water partition coefficient (Wildman–Crippen LogP) is 1.54. The number of rotatable bonds is 10. The fourth-order valence-corrected chi connectivity index (χ4v) is 1.65. The molecule has 0 amide bonds. The van der Waals surface area contributed by atoms with E-state index in [9.17, 15) is 0 Å². The van der Waals surface area contributed by atoms with E-state index in [0.717, 1.165) is 32.1 Å². The maximum Gasteiger partial charge on any atom is 0.323 e. The highest BCUT2D eigenvalue weighted by Crippen LogP contribution is 2.28. The van der Waals surface area contributed by atoms with Crippen molar-refractivity contribution in [1.82, 2.24) is 15.0 Å². The average molecular weight is 281 g/mol. The Labute approximate surface area is 119 Å². The van der Waals surface area contributed by atoms with Crippen LogP contribution in [-0.2, 0) is 4.74 Å². The average Bonchev–Trinajstić information content (AvgIpc) is 3.27. The Hall–Kier alpha value is -1.63. The number of nitrogens with one attached hydrogen (secondary N) is 2. The standard InChI is InChI=1S/C13H23N5O2/c1-3-20-13-17-11(14-2)16-12(18-13)15-7-4-8-19-9-10-5-6-10/h10H,3-9H2,1-2H3,(H2,14,15,16,17,18). The fourth-order valence-electron chi connectivity index (χ4n) is 1.65. The Morgan fingerprint density at radius 1 is 1.20 bits per heavy atom. The van der Waals surface area contributed by atoms with Crippen molar-refractivity contribution in [2.24, 2.45) is 5.92 Å². The van der Waals surface area contributed by atoms with Crippen LogP contribution in [0.25, 0.3) is 0 Å². The smallest absolute Gasteiger partial charge is 0.323 e.